The van der Waals surface area contributed by atoms with Crippen LogP contribution in [-0.4, -0.2) is 43.5 Å². The molecule has 2 heterocycles. The van der Waals surface area contributed by atoms with Gasteiger partial charge in [0.1, 0.15) is 0 Å². The van der Waals surface area contributed by atoms with Crippen LogP contribution in [0.5, 0.6) is 0 Å². The third-order valence-corrected chi connectivity index (χ3v) is 5.43. The SMILES string of the molecule is Cc1cc(C)c(NC(=O)CN2CCN(c3cccs3)CC2)c(C)c1. The number of anilines is 2. The highest BCUT2D eigenvalue weighted by molar-refractivity contribution is 7.14. The van der Waals surface area contributed by atoms with Crippen molar-refractivity contribution in [3.63, 3.8) is 0 Å². The van der Waals surface area contributed by atoms with Crippen molar-refractivity contribution in [1.82, 2.24) is 4.90 Å². The third kappa shape index (κ3) is 3.97. The Bertz CT molecular complexity index is 680. The maximum Gasteiger partial charge on any atom is 0.238 e. The molecule has 0 atom stereocenters. The molecule has 4 nitrogen and oxygen atoms in total. The minimum Gasteiger partial charge on any atom is -0.361 e. The zero-order chi connectivity index (χ0) is 17.1. The average Bonchev–Trinajstić information content (AvgIpc) is 3.06. The van der Waals surface area contributed by atoms with Gasteiger partial charge >= 0.3 is 0 Å². The van der Waals surface area contributed by atoms with Gasteiger partial charge in [0.15, 0.2) is 0 Å². The van der Waals surface area contributed by atoms with Crippen LogP contribution in [0.3, 0.4) is 0 Å². The van der Waals surface area contributed by atoms with E-state index in [2.05, 4.69) is 65.5 Å². The maximum atomic E-state index is 12.4. The number of thiophene rings is 1. The van der Waals surface area contributed by atoms with Gasteiger partial charge in [0, 0.05) is 31.9 Å². The van der Waals surface area contributed by atoms with E-state index >= 15 is 0 Å². The molecule has 1 amide bonds. The van der Waals surface area contributed by atoms with Crippen molar-refractivity contribution in [2.45, 2.75) is 20.8 Å². The first-order valence-corrected chi connectivity index (χ1v) is 9.29. The van der Waals surface area contributed by atoms with E-state index in [4.69, 9.17) is 0 Å². The van der Waals surface area contributed by atoms with Crippen LogP contribution in [0.4, 0.5) is 10.7 Å². The number of hydrogen-bond acceptors (Lipinski definition) is 4. The number of aryl methyl sites for hydroxylation is 3. The Morgan fingerprint density at radius 2 is 1.79 bits per heavy atom. The van der Waals surface area contributed by atoms with Gasteiger partial charge < -0.3 is 10.2 Å². The van der Waals surface area contributed by atoms with E-state index in [1.54, 1.807) is 11.3 Å². The second-order valence-corrected chi connectivity index (χ2v) is 7.46. The normalized spacial score (nSPS) is 15.5. The van der Waals surface area contributed by atoms with Crippen LogP contribution in [0.1, 0.15) is 16.7 Å². The molecule has 0 unspecified atom stereocenters. The minimum absolute atomic E-state index is 0.0784. The van der Waals surface area contributed by atoms with E-state index in [1.807, 2.05) is 0 Å². The van der Waals surface area contributed by atoms with Crippen molar-refractivity contribution in [3.05, 3.63) is 46.3 Å². The molecule has 0 aliphatic carbocycles. The summed E-state index contributed by atoms with van der Waals surface area (Å²) in [4.78, 5) is 17.0. The quantitative estimate of drug-likeness (QED) is 0.924. The van der Waals surface area contributed by atoms with Crippen molar-refractivity contribution in [2.75, 3.05) is 42.9 Å². The van der Waals surface area contributed by atoms with Crippen molar-refractivity contribution in [3.8, 4) is 0 Å². The first-order chi connectivity index (χ1) is 11.5. The molecule has 0 radical (unpaired) electrons. The zero-order valence-corrected chi connectivity index (χ0v) is 15.4. The highest BCUT2D eigenvalue weighted by atomic mass is 32.1. The number of benzene rings is 1. The summed E-state index contributed by atoms with van der Waals surface area (Å²) < 4.78 is 0. The van der Waals surface area contributed by atoms with Gasteiger partial charge in [-0.15, -0.1) is 11.3 Å². The topological polar surface area (TPSA) is 35.6 Å². The van der Waals surface area contributed by atoms with E-state index in [0.29, 0.717) is 6.54 Å². The Morgan fingerprint density at radius 3 is 2.38 bits per heavy atom. The summed E-state index contributed by atoms with van der Waals surface area (Å²) in [5.41, 5.74) is 4.45. The monoisotopic (exact) mass is 343 g/mol. The number of amides is 1. The van der Waals surface area contributed by atoms with Gasteiger partial charge in [-0.05, 0) is 49.4 Å². The molecular weight excluding hydrogens is 318 g/mol. The summed E-state index contributed by atoms with van der Waals surface area (Å²) in [5, 5.41) is 6.54. The number of nitrogens with zero attached hydrogens (tertiary/aromatic N) is 2. The Balaban J connectivity index is 1.53. The molecule has 1 N–H and O–H groups in total. The van der Waals surface area contributed by atoms with E-state index in [9.17, 15) is 4.79 Å². The van der Waals surface area contributed by atoms with Crippen LogP contribution in [0.25, 0.3) is 0 Å². The fraction of sp³-hybridized carbons (Fsp3) is 0.421. The van der Waals surface area contributed by atoms with Crippen LogP contribution in [0, 0.1) is 20.8 Å². The van der Waals surface area contributed by atoms with E-state index in [0.717, 1.165) is 43.0 Å². The van der Waals surface area contributed by atoms with Crippen molar-refractivity contribution < 1.29 is 4.79 Å². The van der Waals surface area contributed by atoms with Gasteiger partial charge in [-0.1, -0.05) is 17.7 Å². The lowest BCUT2D eigenvalue weighted by molar-refractivity contribution is -0.117. The van der Waals surface area contributed by atoms with Crippen LogP contribution in [0.2, 0.25) is 0 Å². The van der Waals surface area contributed by atoms with Crippen molar-refractivity contribution in [1.29, 1.82) is 0 Å². The van der Waals surface area contributed by atoms with E-state index in [1.165, 1.54) is 10.6 Å². The molecule has 0 bridgehead atoms. The standard InChI is InChI=1S/C19H25N3OS/c1-14-11-15(2)19(16(3)12-14)20-17(23)13-21-6-8-22(9-7-21)18-5-4-10-24-18/h4-5,10-12H,6-9,13H2,1-3H3,(H,20,23). The van der Waals surface area contributed by atoms with E-state index < -0.39 is 0 Å². The van der Waals surface area contributed by atoms with E-state index in [-0.39, 0.29) is 5.91 Å². The fourth-order valence-electron chi connectivity index (χ4n) is 3.34. The largest absolute Gasteiger partial charge is 0.361 e. The summed E-state index contributed by atoms with van der Waals surface area (Å²) in [6, 6.07) is 8.48. The summed E-state index contributed by atoms with van der Waals surface area (Å²) in [5.74, 6) is 0.0784. The van der Waals surface area contributed by atoms with Crippen molar-refractivity contribution >= 4 is 27.9 Å². The van der Waals surface area contributed by atoms with Crippen LogP contribution in [0.15, 0.2) is 29.6 Å². The predicted octanol–water partition coefficient (Wildman–Crippen LogP) is 3.43. The summed E-state index contributed by atoms with van der Waals surface area (Å²) in [6.45, 7) is 10.5. The number of carbonyl (C=O) groups excluding carboxylic acids is 1. The Morgan fingerprint density at radius 1 is 1.12 bits per heavy atom. The average molecular weight is 343 g/mol. The van der Waals surface area contributed by atoms with Gasteiger partial charge in [-0.2, -0.15) is 0 Å². The predicted molar refractivity (Wildman–Crippen MR) is 102 cm³/mol. The molecule has 1 aliphatic rings. The number of hydrogen-bond donors (Lipinski definition) is 1. The molecule has 0 spiro atoms. The Labute approximate surface area is 148 Å². The second kappa shape index (κ2) is 7.36. The van der Waals surface area contributed by atoms with Crippen LogP contribution in [-0.2, 0) is 4.79 Å². The third-order valence-electron chi connectivity index (χ3n) is 4.50. The molecule has 5 heteroatoms. The second-order valence-electron chi connectivity index (χ2n) is 6.54. The summed E-state index contributed by atoms with van der Waals surface area (Å²) in [7, 11) is 0. The Hall–Kier alpha value is -1.85. The maximum absolute atomic E-state index is 12.4. The molecule has 1 aromatic carbocycles. The lowest BCUT2D eigenvalue weighted by Gasteiger charge is -2.34. The smallest absolute Gasteiger partial charge is 0.238 e. The van der Waals surface area contributed by atoms with Gasteiger partial charge in [0.25, 0.3) is 0 Å². The van der Waals surface area contributed by atoms with Crippen LogP contribution < -0.4 is 10.2 Å². The summed E-state index contributed by atoms with van der Waals surface area (Å²) >= 11 is 1.78. The molecule has 3 rings (SSSR count). The zero-order valence-electron chi connectivity index (χ0n) is 14.6. The first-order valence-electron chi connectivity index (χ1n) is 8.41. The molecule has 24 heavy (non-hydrogen) atoms. The van der Waals surface area contributed by atoms with Crippen molar-refractivity contribution in [2.24, 2.45) is 0 Å². The summed E-state index contributed by atoms with van der Waals surface area (Å²) in [6.07, 6.45) is 0. The van der Waals surface area contributed by atoms with Gasteiger partial charge in [-0.25, -0.2) is 0 Å². The molecule has 128 valence electrons. The fourth-order valence-corrected chi connectivity index (χ4v) is 4.12. The molecule has 1 aliphatic heterocycles. The number of piperazine rings is 1. The molecule has 1 saturated heterocycles. The minimum atomic E-state index is 0.0784. The molecule has 1 aromatic heterocycles. The lowest BCUT2D eigenvalue weighted by Crippen LogP contribution is -2.48. The number of nitrogens with one attached hydrogen (secondary N) is 1. The van der Waals surface area contributed by atoms with Gasteiger partial charge in [-0.3, -0.25) is 9.69 Å². The Kier molecular flexibility index (Phi) is 5.21. The van der Waals surface area contributed by atoms with Gasteiger partial charge in [0.05, 0.1) is 11.5 Å². The number of rotatable bonds is 4. The number of carbonyl (C=O) groups is 1. The first kappa shape index (κ1) is 17.0. The van der Waals surface area contributed by atoms with Gasteiger partial charge in [0.2, 0.25) is 5.91 Å². The highest BCUT2D eigenvalue weighted by Crippen LogP contribution is 2.23. The molecule has 1 fully saturated rings. The molecular formula is C19H25N3OS. The molecule has 0 saturated carbocycles. The highest BCUT2D eigenvalue weighted by Gasteiger charge is 2.20. The molecule has 2 aromatic rings. The van der Waals surface area contributed by atoms with Crippen LogP contribution >= 0.6 is 11.3 Å². The lowest BCUT2D eigenvalue weighted by atomic mass is 10.1.